The molecule has 7 heteroatoms. The lowest BCUT2D eigenvalue weighted by atomic mass is 9.92. The molecule has 2 atom stereocenters. The van der Waals surface area contributed by atoms with Crippen molar-refractivity contribution in [1.29, 1.82) is 0 Å². The summed E-state index contributed by atoms with van der Waals surface area (Å²) in [5, 5.41) is 2.79. The van der Waals surface area contributed by atoms with Crippen molar-refractivity contribution in [2.24, 2.45) is 5.92 Å². The number of hydrogen-bond donors (Lipinski definition) is 1. The van der Waals surface area contributed by atoms with Gasteiger partial charge in [0, 0.05) is 19.7 Å². The van der Waals surface area contributed by atoms with E-state index in [2.05, 4.69) is 10.3 Å². The van der Waals surface area contributed by atoms with Gasteiger partial charge >= 0.3 is 0 Å². The third kappa shape index (κ3) is 2.77. The van der Waals surface area contributed by atoms with Gasteiger partial charge in [-0.05, 0) is 29.8 Å². The molecular formula is C18H17N3O4. The van der Waals surface area contributed by atoms with Gasteiger partial charge in [-0.2, -0.15) is 0 Å². The average Bonchev–Trinajstić information content (AvgIpc) is 3.20. The first kappa shape index (κ1) is 15.4. The van der Waals surface area contributed by atoms with Gasteiger partial charge in [0.2, 0.25) is 18.6 Å². The molecule has 0 bridgehead atoms. The van der Waals surface area contributed by atoms with E-state index in [1.807, 2.05) is 18.2 Å². The topological polar surface area (TPSA) is 80.8 Å². The molecule has 25 heavy (non-hydrogen) atoms. The number of aromatic nitrogens is 1. The molecule has 4 rings (SSSR count). The number of ether oxygens (including phenoxy) is 2. The Morgan fingerprint density at radius 1 is 1.24 bits per heavy atom. The second-order valence-electron chi connectivity index (χ2n) is 6.08. The number of rotatable bonds is 3. The van der Waals surface area contributed by atoms with Crippen LogP contribution < -0.4 is 14.8 Å². The van der Waals surface area contributed by atoms with Crippen LogP contribution in [0.5, 0.6) is 11.5 Å². The maximum atomic E-state index is 12.7. The summed E-state index contributed by atoms with van der Waals surface area (Å²) in [6.45, 7) is 0.182. The number of carbonyl (C=O) groups excluding carboxylic acids is 2. The molecule has 2 aromatic rings. The number of carbonyl (C=O) groups is 2. The van der Waals surface area contributed by atoms with Crippen LogP contribution in [0.25, 0.3) is 0 Å². The zero-order valence-corrected chi connectivity index (χ0v) is 13.6. The van der Waals surface area contributed by atoms with Crippen molar-refractivity contribution in [3.8, 4) is 11.5 Å². The molecule has 0 saturated carbocycles. The number of likely N-dealkylation sites (tertiary alicyclic amines) is 1. The lowest BCUT2D eigenvalue weighted by Crippen LogP contribution is -2.30. The highest BCUT2D eigenvalue weighted by molar-refractivity contribution is 5.97. The molecular weight excluding hydrogens is 322 g/mol. The van der Waals surface area contributed by atoms with Gasteiger partial charge in [-0.25, -0.2) is 4.98 Å². The summed E-state index contributed by atoms with van der Waals surface area (Å²) in [6, 6.07) is 10.4. The minimum absolute atomic E-state index is 0.0659. The summed E-state index contributed by atoms with van der Waals surface area (Å²) in [5.74, 6) is 0.987. The second-order valence-corrected chi connectivity index (χ2v) is 6.08. The van der Waals surface area contributed by atoms with E-state index in [4.69, 9.17) is 9.47 Å². The molecule has 0 unspecified atom stereocenters. The lowest BCUT2D eigenvalue weighted by molar-refractivity contribution is -0.128. The van der Waals surface area contributed by atoms with Crippen LogP contribution in [-0.2, 0) is 9.59 Å². The van der Waals surface area contributed by atoms with Gasteiger partial charge in [0.15, 0.2) is 11.5 Å². The van der Waals surface area contributed by atoms with E-state index in [9.17, 15) is 9.59 Å². The predicted molar refractivity (Wildman–Crippen MR) is 89.0 cm³/mol. The Hall–Kier alpha value is -3.09. The minimum Gasteiger partial charge on any atom is -0.454 e. The van der Waals surface area contributed by atoms with Crippen LogP contribution in [0.3, 0.4) is 0 Å². The summed E-state index contributed by atoms with van der Waals surface area (Å²) < 4.78 is 10.7. The van der Waals surface area contributed by atoms with E-state index < -0.39 is 5.92 Å². The maximum absolute atomic E-state index is 12.7. The molecule has 0 aliphatic carbocycles. The van der Waals surface area contributed by atoms with E-state index in [0.29, 0.717) is 17.3 Å². The van der Waals surface area contributed by atoms with E-state index in [-0.39, 0.29) is 31.1 Å². The number of hydrogen-bond acceptors (Lipinski definition) is 5. The van der Waals surface area contributed by atoms with Gasteiger partial charge in [-0.3, -0.25) is 9.59 Å². The van der Waals surface area contributed by atoms with Gasteiger partial charge in [-0.15, -0.1) is 0 Å². The van der Waals surface area contributed by atoms with Crippen molar-refractivity contribution in [1.82, 2.24) is 9.88 Å². The van der Waals surface area contributed by atoms with Gasteiger partial charge in [-0.1, -0.05) is 12.1 Å². The van der Waals surface area contributed by atoms with Crippen LogP contribution in [0.15, 0.2) is 42.6 Å². The molecule has 3 heterocycles. The van der Waals surface area contributed by atoms with Gasteiger partial charge in [0.25, 0.3) is 0 Å². The van der Waals surface area contributed by atoms with E-state index in [0.717, 1.165) is 5.56 Å². The number of pyridine rings is 1. The standard InChI is InChI=1S/C18H17N3O4/c1-21-16(22)9-12(18(23)20-15-4-2-3-7-19-15)17(21)11-5-6-13-14(8-11)25-10-24-13/h2-8,12,17H,9-10H2,1H3,(H,19,20,23)/t12-,17-/m0/s1. The zero-order valence-electron chi connectivity index (χ0n) is 13.6. The summed E-state index contributed by atoms with van der Waals surface area (Å²) in [7, 11) is 1.71. The average molecular weight is 339 g/mol. The summed E-state index contributed by atoms with van der Waals surface area (Å²) in [6.07, 6.45) is 1.77. The fourth-order valence-electron chi connectivity index (χ4n) is 3.31. The highest BCUT2D eigenvalue weighted by Crippen LogP contribution is 2.41. The smallest absolute Gasteiger partial charge is 0.231 e. The Bertz CT molecular complexity index is 824. The molecule has 0 spiro atoms. The minimum atomic E-state index is -0.500. The Kier molecular flexibility index (Phi) is 3.76. The van der Waals surface area contributed by atoms with Crippen LogP contribution in [0.4, 0.5) is 5.82 Å². The fourth-order valence-corrected chi connectivity index (χ4v) is 3.31. The normalized spacial score (nSPS) is 21.5. The highest BCUT2D eigenvalue weighted by atomic mass is 16.7. The third-order valence-electron chi connectivity index (χ3n) is 4.58. The van der Waals surface area contributed by atoms with Crippen LogP contribution >= 0.6 is 0 Å². The summed E-state index contributed by atoms with van der Waals surface area (Å²) in [4.78, 5) is 30.7. The molecule has 0 radical (unpaired) electrons. The van der Waals surface area contributed by atoms with Crippen molar-refractivity contribution < 1.29 is 19.1 Å². The molecule has 128 valence electrons. The second kappa shape index (κ2) is 6.08. The maximum Gasteiger partial charge on any atom is 0.231 e. The van der Waals surface area contributed by atoms with Gasteiger partial charge in [0.05, 0.1) is 12.0 Å². The molecule has 2 aliphatic rings. The number of fused-ring (bicyclic) bond motifs is 1. The first-order chi connectivity index (χ1) is 12.1. The van der Waals surface area contributed by atoms with Crippen LogP contribution in [0, 0.1) is 5.92 Å². The third-order valence-corrected chi connectivity index (χ3v) is 4.58. The van der Waals surface area contributed by atoms with Crippen molar-refractivity contribution in [3.63, 3.8) is 0 Å². The zero-order chi connectivity index (χ0) is 17.4. The van der Waals surface area contributed by atoms with Crippen molar-refractivity contribution in [3.05, 3.63) is 48.2 Å². The van der Waals surface area contributed by atoms with Crippen LogP contribution in [-0.4, -0.2) is 35.5 Å². The molecule has 1 N–H and O–H groups in total. The quantitative estimate of drug-likeness (QED) is 0.925. The first-order valence-corrected chi connectivity index (χ1v) is 8.00. The van der Waals surface area contributed by atoms with Gasteiger partial charge < -0.3 is 19.7 Å². The Morgan fingerprint density at radius 3 is 2.88 bits per heavy atom. The number of benzene rings is 1. The van der Waals surface area contributed by atoms with Crippen molar-refractivity contribution in [2.75, 3.05) is 19.2 Å². The van der Waals surface area contributed by atoms with Gasteiger partial charge in [0.1, 0.15) is 5.82 Å². The summed E-state index contributed by atoms with van der Waals surface area (Å²) >= 11 is 0. The van der Waals surface area contributed by atoms with Crippen LogP contribution in [0.2, 0.25) is 0 Å². The fraction of sp³-hybridized carbons (Fsp3) is 0.278. The van der Waals surface area contributed by atoms with Crippen molar-refractivity contribution >= 4 is 17.6 Å². The molecule has 1 aromatic carbocycles. The van der Waals surface area contributed by atoms with E-state index >= 15 is 0 Å². The van der Waals surface area contributed by atoms with Crippen molar-refractivity contribution in [2.45, 2.75) is 12.5 Å². The molecule has 2 aliphatic heterocycles. The highest BCUT2D eigenvalue weighted by Gasteiger charge is 2.43. The summed E-state index contributed by atoms with van der Waals surface area (Å²) in [5.41, 5.74) is 0.846. The van der Waals surface area contributed by atoms with E-state index in [1.54, 1.807) is 36.3 Å². The number of anilines is 1. The molecule has 7 nitrogen and oxygen atoms in total. The number of nitrogens with zero attached hydrogens (tertiary/aromatic N) is 2. The molecule has 2 amide bonds. The Labute approximate surface area is 144 Å². The Morgan fingerprint density at radius 2 is 2.08 bits per heavy atom. The number of nitrogens with one attached hydrogen (secondary N) is 1. The molecule has 1 fully saturated rings. The largest absolute Gasteiger partial charge is 0.454 e. The van der Waals surface area contributed by atoms with E-state index in [1.165, 1.54) is 0 Å². The molecule has 1 aromatic heterocycles. The van der Waals surface area contributed by atoms with Crippen LogP contribution in [0.1, 0.15) is 18.0 Å². The molecule has 1 saturated heterocycles. The first-order valence-electron chi connectivity index (χ1n) is 8.00. The SMILES string of the molecule is CN1C(=O)C[C@H](C(=O)Nc2ccccn2)[C@@H]1c1ccc2c(c1)OCO2. The monoisotopic (exact) mass is 339 g/mol. The predicted octanol–water partition coefficient (Wildman–Crippen LogP) is 1.97. The number of amides is 2. The lowest BCUT2D eigenvalue weighted by Gasteiger charge is -2.25. The Balaban J connectivity index is 1.62.